The first-order valence-corrected chi connectivity index (χ1v) is 9.35. The van der Waals surface area contributed by atoms with Crippen molar-refractivity contribution < 1.29 is 24.2 Å². The van der Waals surface area contributed by atoms with Crippen molar-refractivity contribution in [2.75, 3.05) is 13.2 Å². The van der Waals surface area contributed by atoms with Crippen LogP contribution in [0.3, 0.4) is 0 Å². The lowest BCUT2D eigenvalue weighted by Gasteiger charge is -2.40. The molecule has 0 spiro atoms. The minimum absolute atomic E-state index is 0.150. The highest BCUT2D eigenvalue weighted by Crippen LogP contribution is 2.40. The number of amides is 1. The Bertz CT molecular complexity index is 676. The normalized spacial score (nSPS) is 21.5. The van der Waals surface area contributed by atoms with Crippen molar-refractivity contribution in [2.45, 2.75) is 51.1 Å². The van der Waals surface area contributed by atoms with E-state index in [4.69, 9.17) is 10.5 Å². The first kappa shape index (κ1) is 20.9. The molecular weight excluding hydrogens is 348 g/mol. The summed E-state index contributed by atoms with van der Waals surface area (Å²) >= 11 is 0. The summed E-state index contributed by atoms with van der Waals surface area (Å²) in [7, 11) is 0. The molecule has 1 amide bonds. The summed E-state index contributed by atoms with van der Waals surface area (Å²) in [5.41, 5.74) is 5.11. The molecule has 3 atom stereocenters. The van der Waals surface area contributed by atoms with E-state index in [-0.39, 0.29) is 26.0 Å². The zero-order valence-corrected chi connectivity index (χ0v) is 15.9. The van der Waals surface area contributed by atoms with Crippen molar-refractivity contribution in [3.8, 4) is 0 Å². The van der Waals surface area contributed by atoms with Crippen LogP contribution in [-0.4, -0.2) is 52.6 Å². The Morgan fingerprint density at radius 1 is 1.30 bits per heavy atom. The second-order valence-electron chi connectivity index (χ2n) is 6.94. The highest BCUT2D eigenvalue weighted by atomic mass is 16.5. The number of nitrogens with two attached hydrogens (primary N) is 1. The molecule has 1 aliphatic rings. The molecule has 148 valence electrons. The first-order chi connectivity index (χ1) is 12.8. The molecule has 1 aromatic rings. The van der Waals surface area contributed by atoms with Gasteiger partial charge in [-0.2, -0.15) is 0 Å². The maximum Gasteiger partial charge on any atom is 0.330 e. The van der Waals surface area contributed by atoms with E-state index in [1.165, 1.54) is 11.8 Å². The Morgan fingerprint density at radius 2 is 1.96 bits per heavy atom. The number of hydrogen-bond acceptors (Lipinski definition) is 5. The van der Waals surface area contributed by atoms with Crippen molar-refractivity contribution in [2.24, 2.45) is 11.7 Å². The van der Waals surface area contributed by atoms with Gasteiger partial charge in [-0.25, -0.2) is 4.79 Å². The third kappa shape index (κ3) is 4.30. The van der Waals surface area contributed by atoms with Crippen LogP contribution in [0.2, 0.25) is 0 Å². The maximum absolute atomic E-state index is 12.7. The summed E-state index contributed by atoms with van der Waals surface area (Å²) in [6.45, 7) is 3.63. The fourth-order valence-electron chi connectivity index (χ4n) is 3.88. The van der Waals surface area contributed by atoms with E-state index in [1.54, 1.807) is 6.92 Å². The molecule has 2 rings (SSSR count). The van der Waals surface area contributed by atoms with Crippen LogP contribution in [0.5, 0.6) is 0 Å². The monoisotopic (exact) mass is 376 g/mol. The van der Waals surface area contributed by atoms with Gasteiger partial charge in [0.2, 0.25) is 5.91 Å². The summed E-state index contributed by atoms with van der Waals surface area (Å²) in [6, 6.07) is 8.70. The van der Waals surface area contributed by atoms with Crippen LogP contribution in [-0.2, 0) is 25.5 Å². The van der Waals surface area contributed by atoms with Crippen molar-refractivity contribution in [3.63, 3.8) is 0 Å². The van der Waals surface area contributed by atoms with Gasteiger partial charge in [0.05, 0.1) is 18.6 Å². The third-order valence-corrected chi connectivity index (χ3v) is 5.16. The number of aryl methyl sites for hydroxylation is 1. The fraction of sp³-hybridized carbons (Fsp3) is 0.550. The number of benzene rings is 1. The van der Waals surface area contributed by atoms with E-state index in [0.717, 1.165) is 5.56 Å². The van der Waals surface area contributed by atoms with E-state index in [0.29, 0.717) is 12.8 Å². The number of carboxylic acid groups (broad SMARTS) is 1. The molecule has 7 nitrogen and oxygen atoms in total. The number of carbonyl (C=O) groups excluding carboxylic acids is 2. The van der Waals surface area contributed by atoms with Gasteiger partial charge < -0.3 is 20.5 Å². The van der Waals surface area contributed by atoms with Crippen LogP contribution >= 0.6 is 0 Å². The van der Waals surface area contributed by atoms with Gasteiger partial charge in [-0.05, 0) is 45.1 Å². The van der Waals surface area contributed by atoms with E-state index in [9.17, 15) is 19.5 Å². The van der Waals surface area contributed by atoms with Gasteiger partial charge in [0, 0.05) is 6.54 Å². The Labute approximate surface area is 159 Å². The minimum atomic E-state index is -1.62. The van der Waals surface area contributed by atoms with Gasteiger partial charge in [0.15, 0.2) is 5.54 Å². The average molecular weight is 376 g/mol. The maximum atomic E-state index is 12.7. The molecule has 1 saturated heterocycles. The van der Waals surface area contributed by atoms with Crippen molar-refractivity contribution in [1.82, 2.24) is 4.90 Å². The number of carbonyl (C=O) groups is 3. The summed E-state index contributed by atoms with van der Waals surface area (Å²) in [4.78, 5) is 39.0. The minimum Gasteiger partial charge on any atom is -0.479 e. The van der Waals surface area contributed by atoms with Crippen molar-refractivity contribution in [1.29, 1.82) is 0 Å². The molecule has 1 heterocycles. The Kier molecular flexibility index (Phi) is 6.96. The lowest BCUT2D eigenvalue weighted by molar-refractivity contribution is -0.170. The number of esters is 1. The SMILES string of the molecule is CCOC(=O)C(CCc1ccccc1)C1(C(=O)O)CCCN1C(=O)C(C)N. The number of hydrogen-bond donors (Lipinski definition) is 2. The van der Waals surface area contributed by atoms with Crippen molar-refractivity contribution in [3.05, 3.63) is 35.9 Å². The van der Waals surface area contributed by atoms with Gasteiger partial charge in [-0.15, -0.1) is 0 Å². The number of nitrogens with zero attached hydrogens (tertiary/aromatic N) is 1. The second-order valence-corrected chi connectivity index (χ2v) is 6.94. The predicted octanol–water partition coefficient (Wildman–Crippen LogP) is 1.59. The molecule has 1 fully saturated rings. The molecule has 0 radical (unpaired) electrons. The molecule has 0 bridgehead atoms. The molecule has 0 saturated carbocycles. The second kappa shape index (κ2) is 8.99. The van der Waals surface area contributed by atoms with Gasteiger partial charge in [-0.1, -0.05) is 30.3 Å². The Hall–Kier alpha value is -2.41. The number of likely N-dealkylation sites (tertiary alicyclic amines) is 1. The zero-order chi connectivity index (χ0) is 20.0. The third-order valence-electron chi connectivity index (χ3n) is 5.16. The van der Waals surface area contributed by atoms with Crippen LogP contribution in [0.25, 0.3) is 0 Å². The highest BCUT2D eigenvalue weighted by molar-refractivity contribution is 5.94. The smallest absolute Gasteiger partial charge is 0.330 e. The average Bonchev–Trinajstić information content (AvgIpc) is 3.08. The molecular formula is C20H28N2O5. The van der Waals surface area contributed by atoms with Gasteiger partial charge in [0.1, 0.15) is 0 Å². The molecule has 1 aliphatic heterocycles. The summed E-state index contributed by atoms with van der Waals surface area (Å²) in [5.74, 6) is -3.18. The predicted molar refractivity (Wildman–Crippen MR) is 99.8 cm³/mol. The molecule has 0 aromatic heterocycles. The number of ether oxygens (including phenoxy) is 1. The number of rotatable bonds is 8. The standard InChI is InChI=1S/C20H28N2O5/c1-3-27-18(24)16(11-10-15-8-5-4-6-9-15)20(19(25)26)12-7-13-22(20)17(23)14(2)21/h4-6,8-9,14,16H,3,7,10-13,21H2,1-2H3,(H,25,26). The van der Waals surface area contributed by atoms with Gasteiger partial charge >= 0.3 is 11.9 Å². The van der Waals surface area contributed by atoms with Crippen molar-refractivity contribution >= 4 is 17.8 Å². The van der Waals surface area contributed by atoms with Crippen LogP contribution in [0, 0.1) is 5.92 Å². The van der Waals surface area contributed by atoms with E-state index >= 15 is 0 Å². The van der Waals surface area contributed by atoms with E-state index in [1.807, 2.05) is 30.3 Å². The Balaban J connectivity index is 2.40. The Morgan fingerprint density at radius 3 is 2.52 bits per heavy atom. The van der Waals surface area contributed by atoms with Gasteiger partial charge in [-0.3, -0.25) is 9.59 Å². The first-order valence-electron chi connectivity index (χ1n) is 9.35. The van der Waals surface area contributed by atoms with Crippen LogP contribution in [0.4, 0.5) is 0 Å². The zero-order valence-electron chi connectivity index (χ0n) is 15.9. The summed E-state index contributed by atoms with van der Waals surface area (Å²) in [6.07, 6.45) is 1.50. The molecule has 0 aliphatic carbocycles. The largest absolute Gasteiger partial charge is 0.479 e. The van der Waals surface area contributed by atoms with E-state index < -0.39 is 35.3 Å². The number of aliphatic carboxylic acids is 1. The molecule has 3 unspecified atom stereocenters. The summed E-state index contributed by atoms with van der Waals surface area (Å²) in [5, 5.41) is 10.1. The lowest BCUT2D eigenvalue weighted by atomic mass is 9.77. The molecule has 1 aromatic carbocycles. The molecule has 7 heteroatoms. The lowest BCUT2D eigenvalue weighted by Crippen LogP contribution is -2.62. The highest BCUT2D eigenvalue weighted by Gasteiger charge is 2.58. The molecule has 3 N–H and O–H groups in total. The van der Waals surface area contributed by atoms with Crippen LogP contribution in [0.1, 0.15) is 38.7 Å². The van der Waals surface area contributed by atoms with Crippen LogP contribution < -0.4 is 5.73 Å². The number of carboxylic acids is 1. The quantitative estimate of drug-likeness (QED) is 0.667. The molecule has 27 heavy (non-hydrogen) atoms. The van der Waals surface area contributed by atoms with Crippen LogP contribution in [0.15, 0.2) is 30.3 Å². The van der Waals surface area contributed by atoms with E-state index in [2.05, 4.69) is 0 Å². The summed E-state index contributed by atoms with van der Waals surface area (Å²) < 4.78 is 5.20. The fourth-order valence-corrected chi connectivity index (χ4v) is 3.88. The van der Waals surface area contributed by atoms with Gasteiger partial charge in [0.25, 0.3) is 0 Å². The topological polar surface area (TPSA) is 110 Å².